The van der Waals surface area contributed by atoms with Crippen LogP contribution in [0.3, 0.4) is 0 Å². The van der Waals surface area contributed by atoms with E-state index in [-0.39, 0.29) is 17.9 Å². The summed E-state index contributed by atoms with van der Waals surface area (Å²) >= 11 is 0. The van der Waals surface area contributed by atoms with Crippen molar-refractivity contribution in [2.45, 2.75) is 46.7 Å². The lowest BCUT2D eigenvalue weighted by molar-refractivity contribution is -0.136. The number of ether oxygens (including phenoxy) is 2. The molecule has 1 aliphatic heterocycles. The SMILES string of the molecule is CCOc1cc2c(cc1OCC)CN(C(=O)C(C)C(C)N)CC2. The second-order valence-corrected chi connectivity index (χ2v) is 6.09. The summed E-state index contributed by atoms with van der Waals surface area (Å²) < 4.78 is 11.4. The average molecular weight is 320 g/mol. The first-order chi connectivity index (χ1) is 11.0. The first-order valence-corrected chi connectivity index (χ1v) is 8.43. The summed E-state index contributed by atoms with van der Waals surface area (Å²) in [5.74, 6) is 1.50. The van der Waals surface area contributed by atoms with Gasteiger partial charge in [-0.15, -0.1) is 0 Å². The molecule has 5 nitrogen and oxygen atoms in total. The summed E-state index contributed by atoms with van der Waals surface area (Å²) in [4.78, 5) is 14.4. The Morgan fingerprint density at radius 1 is 1.17 bits per heavy atom. The summed E-state index contributed by atoms with van der Waals surface area (Å²) in [6.45, 7) is 10.2. The normalized spacial score (nSPS) is 16.5. The number of nitrogens with zero attached hydrogens (tertiary/aromatic N) is 1. The smallest absolute Gasteiger partial charge is 0.227 e. The van der Waals surface area contributed by atoms with Crippen LogP contribution >= 0.6 is 0 Å². The largest absolute Gasteiger partial charge is 0.490 e. The fourth-order valence-corrected chi connectivity index (χ4v) is 2.80. The molecular formula is C18H28N2O3. The van der Waals surface area contributed by atoms with E-state index >= 15 is 0 Å². The van der Waals surface area contributed by atoms with Crippen LogP contribution in [0.2, 0.25) is 0 Å². The second kappa shape index (κ2) is 7.68. The van der Waals surface area contributed by atoms with Crippen LogP contribution in [0.4, 0.5) is 0 Å². The molecule has 2 atom stereocenters. The fraction of sp³-hybridized carbons (Fsp3) is 0.611. The van der Waals surface area contributed by atoms with Crippen LogP contribution in [-0.4, -0.2) is 36.6 Å². The summed E-state index contributed by atoms with van der Waals surface area (Å²) in [6, 6.07) is 3.93. The number of benzene rings is 1. The minimum atomic E-state index is -0.161. The Balaban J connectivity index is 2.22. The molecule has 0 bridgehead atoms. The molecule has 0 fully saturated rings. The maximum absolute atomic E-state index is 12.5. The third-order valence-corrected chi connectivity index (χ3v) is 4.37. The van der Waals surface area contributed by atoms with Gasteiger partial charge in [-0.2, -0.15) is 0 Å². The van der Waals surface area contributed by atoms with E-state index in [1.807, 2.05) is 38.7 Å². The van der Waals surface area contributed by atoms with Gasteiger partial charge < -0.3 is 20.1 Å². The van der Waals surface area contributed by atoms with Crippen molar-refractivity contribution >= 4 is 5.91 Å². The van der Waals surface area contributed by atoms with Gasteiger partial charge in [0.15, 0.2) is 11.5 Å². The quantitative estimate of drug-likeness (QED) is 0.874. The van der Waals surface area contributed by atoms with Crippen LogP contribution in [-0.2, 0) is 17.8 Å². The number of carbonyl (C=O) groups excluding carboxylic acids is 1. The Morgan fingerprint density at radius 3 is 2.26 bits per heavy atom. The summed E-state index contributed by atoms with van der Waals surface area (Å²) in [5, 5.41) is 0. The third kappa shape index (κ3) is 3.96. The van der Waals surface area contributed by atoms with Crippen molar-refractivity contribution in [3.8, 4) is 11.5 Å². The molecule has 0 aliphatic carbocycles. The first kappa shape index (κ1) is 17.6. The molecular weight excluding hydrogens is 292 g/mol. The van der Waals surface area contributed by atoms with E-state index in [0.717, 1.165) is 30.0 Å². The Labute approximate surface area is 138 Å². The molecule has 1 aliphatic rings. The monoisotopic (exact) mass is 320 g/mol. The van der Waals surface area contributed by atoms with Gasteiger partial charge in [0.1, 0.15) is 0 Å². The Hall–Kier alpha value is -1.75. The molecule has 0 aromatic heterocycles. The number of amides is 1. The zero-order chi connectivity index (χ0) is 17.0. The lowest BCUT2D eigenvalue weighted by atomic mass is 9.96. The number of nitrogens with two attached hydrogens (primary N) is 1. The molecule has 0 radical (unpaired) electrons. The first-order valence-electron chi connectivity index (χ1n) is 8.43. The van der Waals surface area contributed by atoms with Crippen molar-refractivity contribution in [1.29, 1.82) is 0 Å². The number of fused-ring (bicyclic) bond motifs is 1. The van der Waals surface area contributed by atoms with Crippen LogP contribution in [0.1, 0.15) is 38.8 Å². The van der Waals surface area contributed by atoms with Gasteiger partial charge in [-0.3, -0.25) is 4.79 Å². The van der Waals surface area contributed by atoms with Crippen LogP contribution in [0, 0.1) is 5.92 Å². The van der Waals surface area contributed by atoms with Crippen molar-refractivity contribution in [1.82, 2.24) is 4.90 Å². The molecule has 1 aromatic carbocycles. The van der Waals surface area contributed by atoms with Crippen molar-refractivity contribution < 1.29 is 14.3 Å². The molecule has 2 unspecified atom stereocenters. The van der Waals surface area contributed by atoms with E-state index < -0.39 is 0 Å². The number of rotatable bonds is 6. The van der Waals surface area contributed by atoms with Gasteiger partial charge in [-0.05, 0) is 50.5 Å². The van der Waals surface area contributed by atoms with E-state index in [9.17, 15) is 4.79 Å². The number of carbonyl (C=O) groups is 1. The highest BCUT2D eigenvalue weighted by Gasteiger charge is 2.27. The highest BCUT2D eigenvalue weighted by atomic mass is 16.5. The van der Waals surface area contributed by atoms with Crippen LogP contribution in [0.5, 0.6) is 11.5 Å². The van der Waals surface area contributed by atoms with E-state index in [1.165, 1.54) is 5.56 Å². The maximum atomic E-state index is 12.5. The highest BCUT2D eigenvalue weighted by Crippen LogP contribution is 2.34. The van der Waals surface area contributed by atoms with Crippen LogP contribution < -0.4 is 15.2 Å². The third-order valence-electron chi connectivity index (χ3n) is 4.37. The van der Waals surface area contributed by atoms with E-state index in [1.54, 1.807) is 0 Å². The van der Waals surface area contributed by atoms with Gasteiger partial charge in [-0.25, -0.2) is 0 Å². The number of hydrogen-bond donors (Lipinski definition) is 1. The highest BCUT2D eigenvalue weighted by molar-refractivity contribution is 5.79. The Morgan fingerprint density at radius 2 is 1.74 bits per heavy atom. The molecule has 1 amide bonds. The van der Waals surface area contributed by atoms with Gasteiger partial charge in [0.25, 0.3) is 0 Å². The summed E-state index contributed by atoms with van der Waals surface area (Å²) in [7, 11) is 0. The second-order valence-electron chi connectivity index (χ2n) is 6.09. The molecule has 0 saturated carbocycles. The minimum absolute atomic E-state index is 0.123. The summed E-state index contributed by atoms with van der Waals surface area (Å²) in [6.07, 6.45) is 0.833. The number of hydrogen-bond acceptors (Lipinski definition) is 4. The van der Waals surface area contributed by atoms with Gasteiger partial charge in [-0.1, -0.05) is 6.92 Å². The maximum Gasteiger partial charge on any atom is 0.227 e. The molecule has 23 heavy (non-hydrogen) atoms. The molecule has 0 spiro atoms. The predicted octanol–water partition coefficient (Wildman–Crippen LogP) is 2.35. The fourth-order valence-electron chi connectivity index (χ4n) is 2.80. The molecule has 5 heteroatoms. The topological polar surface area (TPSA) is 64.8 Å². The van der Waals surface area contributed by atoms with Gasteiger partial charge >= 0.3 is 0 Å². The van der Waals surface area contributed by atoms with Gasteiger partial charge in [0.05, 0.1) is 19.1 Å². The molecule has 1 heterocycles. The van der Waals surface area contributed by atoms with Crippen molar-refractivity contribution in [2.24, 2.45) is 11.7 Å². The molecule has 2 rings (SSSR count). The summed E-state index contributed by atoms with van der Waals surface area (Å²) in [5.41, 5.74) is 8.23. The lowest BCUT2D eigenvalue weighted by Crippen LogP contribution is -2.43. The van der Waals surface area contributed by atoms with Crippen molar-refractivity contribution in [3.05, 3.63) is 23.3 Å². The van der Waals surface area contributed by atoms with Gasteiger partial charge in [0.2, 0.25) is 5.91 Å². The lowest BCUT2D eigenvalue weighted by Gasteiger charge is -2.32. The van der Waals surface area contributed by atoms with Gasteiger partial charge in [0, 0.05) is 19.1 Å². The Bertz CT molecular complexity index is 557. The molecule has 128 valence electrons. The van der Waals surface area contributed by atoms with E-state index in [4.69, 9.17) is 15.2 Å². The van der Waals surface area contributed by atoms with E-state index in [2.05, 4.69) is 6.07 Å². The minimum Gasteiger partial charge on any atom is -0.490 e. The Kier molecular flexibility index (Phi) is 5.88. The van der Waals surface area contributed by atoms with Crippen LogP contribution in [0.15, 0.2) is 12.1 Å². The van der Waals surface area contributed by atoms with E-state index in [0.29, 0.717) is 19.8 Å². The molecule has 0 saturated heterocycles. The molecule has 2 N–H and O–H groups in total. The molecule has 1 aromatic rings. The zero-order valence-electron chi connectivity index (χ0n) is 14.6. The zero-order valence-corrected chi connectivity index (χ0v) is 14.6. The average Bonchev–Trinajstić information content (AvgIpc) is 2.54. The van der Waals surface area contributed by atoms with Crippen molar-refractivity contribution in [2.75, 3.05) is 19.8 Å². The van der Waals surface area contributed by atoms with Crippen molar-refractivity contribution in [3.63, 3.8) is 0 Å². The standard InChI is InChI=1S/C18H28N2O3/c1-5-22-16-9-14-7-8-20(18(21)12(3)13(4)19)11-15(14)10-17(16)23-6-2/h9-10,12-13H,5-8,11,19H2,1-4H3. The van der Waals surface area contributed by atoms with Crippen LogP contribution in [0.25, 0.3) is 0 Å². The predicted molar refractivity (Wildman–Crippen MR) is 90.7 cm³/mol.